The van der Waals surface area contributed by atoms with Crippen LogP contribution in [0.4, 0.5) is 0 Å². The van der Waals surface area contributed by atoms with Gasteiger partial charge in [0.05, 0.1) is 11.0 Å². The van der Waals surface area contributed by atoms with Crippen molar-refractivity contribution in [2.24, 2.45) is 5.41 Å². The van der Waals surface area contributed by atoms with E-state index in [1.165, 1.54) is 62.8 Å². The molecular weight excluding hydrogens is 416 g/mol. The molecule has 4 heteroatoms. The molecule has 34 heavy (non-hydrogen) atoms. The van der Waals surface area contributed by atoms with E-state index in [1.807, 2.05) is 0 Å². The van der Waals surface area contributed by atoms with Crippen molar-refractivity contribution >= 4 is 11.0 Å². The maximum Gasteiger partial charge on any atom is 0.106 e. The molecule has 178 valence electrons. The van der Waals surface area contributed by atoms with E-state index in [1.54, 1.807) is 5.56 Å². The van der Waals surface area contributed by atoms with E-state index in [0.717, 1.165) is 24.6 Å². The second-order valence-electron chi connectivity index (χ2n) is 12.0. The molecule has 3 aromatic rings. The third-order valence-electron chi connectivity index (χ3n) is 10.6. The summed E-state index contributed by atoms with van der Waals surface area (Å²) in [6, 6.07) is 21.5. The lowest BCUT2D eigenvalue weighted by Gasteiger charge is -2.53. The summed E-state index contributed by atoms with van der Waals surface area (Å²) >= 11 is 0. The highest BCUT2D eigenvalue weighted by atomic mass is 15.4. The second kappa shape index (κ2) is 7.41. The normalized spacial score (nSPS) is 35.9. The molecule has 2 aliphatic carbocycles. The number of rotatable bonds is 5. The summed E-state index contributed by atoms with van der Waals surface area (Å²) < 4.78 is 2.58. The highest BCUT2D eigenvalue weighted by molar-refractivity contribution is 5.76. The van der Waals surface area contributed by atoms with Crippen LogP contribution in [0, 0.1) is 12.3 Å². The number of nitrogens with zero attached hydrogens (tertiary/aromatic N) is 3. The molecule has 2 aromatic carbocycles. The average molecular weight is 455 g/mol. The van der Waals surface area contributed by atoms with E-state index in [2.05, 4.69) is 83.2 Å². The summed E-state index contributed by atoms with van der Waals surface area (Å²) in [5.41, 5.74) is 5.31. The Bertz CT molecular complexity index is 1210. The first-order chi connectivity index (χ1) is 16.6. The Labute approximate surface area is 203 Å². The van der Waals surface area contributed by atoms with E-state index in [9.17, 15) is 0 Å². The Morgan fingerprint density at radius 1 is 0.971 bits per heavy atom. The zero-order valence-electron chi connectivity index (χ0n) is 20.8. The SMILES string of the molecule is Cc1nc2ccccc2n1[C@H]1CC2N(CCC3(c4ccccc4)CCNCC3)C23CCC3(C)C1. The van der Waals surface area contributed by atoms with Crippen LogP contribution < -0.4 is 5.32 Å². The molecule has 1 spiro atoms. The van der Waals surface area contributed by atoms with E-state index in [4.69, 9.17) is 4.98 Å². The van der Waals surface area contributed by atoms with Gasteiger partial charge >= 0.3 is 0 Å². The van der Waals surface area contributed by atoms with Crippen LogP contribution in [0.15, 0.2) is 54.6 Å². The molecule has 0 amide bonds. The lowest BCUT2D eigenvalue weighted by atomic mass is 9.53. The summed E-state index contributed by atoms with van der Waals surface area (Å²) in [5.74, 6) is 1.19. The third kappa shape index (κ3) is 2.82. The second-order valence-corrected chi connectivity index (χ2v) is 12.0. The standard InChI is InChI=1S/C30H38N4/c1-22-32-25-10-6-7-11-26(25)34(22)24-20-27-30(13-12-28(30,2)21-24)33(27)19-16-29(14-17-31-18-15-29)23-8-4-3-5-9-23/h3-11,24,27,31H,12-21H2,1-2H3/t24-,27?,28?,30?,33?/m0/s1. The Kier molecular flexibility index (Phi) is 4.61. The molecule has 5 atom stereocenters. The van der Waals surface area contributed by atoms with E-state index < -0.39 is 0 Å². The van der Waals surface area contributed by atoms with Crippen LogP contribution in [0.5, 0.6) is 0 Å². The quantitative estimate of drug-likeness (QED) is 0.508. The molecule has 2 aliphatic heterocycles. The van der Waals surface area contributed by atoms with Gasteiger partial charge in [-0.15, -0.1) is 0 Å². The number of hydrogen-bond acceptors (Lipinski definition) is 3. The van der Waals surface area contributed by atoms with Crippen molar-refractivity contribution in [1.82, 2.24) is 19.8 Å². The van der Waals surface area contributed by atoms with Crippen molar-refractivity contribution in [1.29, 1.82) is 0 Å². The van der Waals surface area contributed by atoms with E-state index in [0.29, 0.717) is 22.4 Å². The first-order valence-electron chi connectivity index (χ1n) is 13.5. The summed E-state index contributed by atoms with van der Waals surface area (Å²) in [7, 11) is 0. The first-order valence-corrected chi connectivity index (χ1v) is 13.5. The molecule has 1 aromatic heterocycles. The van der Waals surface area contributed by atoms with Crippen LogP contribution in [0.25, 0.3) is 11.0 Å². The Morgan fingerprint density at radius 2 is 1.74 bits per heavy atom. The van der Waals surface area contributed by atoms with Gasteiger partial charge in [-0.2, -0.15) is 0 Å². The van der Waals surface area contributed by atoms with Crippen LogP contribution in [-0.4, -0.2) is 45.7 Å². The Balaban J connectivity index is 1.15. The minimum absolute atomic E-state index is 0.339. The third-order valence-corrected chi connectivity index (χ3v) is 10.6. The van der Waals surface area contributed by atoms with Crippen LogP contribution in [-0.2, 0) is 5.41 Å². The number of benzene rings is 2. The smallest absolute Gasteiger partial charge is 0.106 e. The summed E-state index contributed by atoms with van der Waals surface area (Å²) in [4.78, 5) is 7.87. The van der Waals surface area contributed by atoms with Crippen molar-refractivity contribution < 1.29 is 0 Å². The summed E-state index contributed by atoms with van der Waals surface area (Å²) in [5, 5.41) is 3.61. The highest BCUT2D eigenvalue weighted by Crippen LogP contribution is 2.73. The number of piperidine rings is 1. The maximum atomic E-state index is 4.91. The number of para-hydroxylation sites is 2. The molecule has 7 rings (SSSR count). The zero-order valence-corrected chi connectivity index (χ0v) is 20.8. The van der Waals surface area contributed by atoms with Gasteiger partial charge in [-0.25, -0.2) is 4.98 Å². The molecule has 4 fully saturated rings. The molecule has 4 nitrogen and oxygen atoms in total. The minimum atomic E-state index is 0.339. The number of imidazole rings is 1. The van der Waals surface area contributed by atoms with Gasteiger partial charge in [0.25, 0.3) is 0 Å². The molecule has 4 unspecified atom stereocenters. The largest absolute Gasteiger partial charge is 0.325 e. The van der Waals surface area contributed by atoms with Crippen molar-refractivity contribution in [3.63, 3.8) is 0 Å². The average Bonchev–Trinajstić information content (AvgIpc) is 3.41. The van der Waals surface area contributed by atoms with E-state index in [-0.39, 0.29) is 0 Å². The van der Waals surface area contributed by atoms with Crippen molar-refractivity contribution in [3.05, 3.63) is 66.0 Å². The Morgan fingerprint density at radius 3 is 2.50 bits per heavy atom. The van der Waals surface area contributed by atoms with Gasteiger partial charge in [0, 0.05) is 17.6 Å². The number of hydrogen-bond donors (Lipinski definition) is 1. The zero-order chi connectivity index (χ0) is 23.0. The number of aryl methyl sites for hydroxylation is 1. The summed E-state index contributed by atoms with van der Waals surface area (Å²) in [6.45, 7) is 8.36. The molecule has 2 saturated heterocycles. The fourth-order valence-corrected chi connectivity index (χ4v) is 8.68. The number of likely N-dealkylation sites (tertiary alicyclic amines) is 1. The van der Waals surface area contributed by atoms with Crippen LogP contribution in [0.1, 0.15) is 69.3 Å². The highest BCUT2D eigenvalue weighted by Gasteiger charge is 2.77. The Hall–Kier alpha value is -2.17. The molecule has 2 saturated carbocycles. The predicted octanol–water partition coefficient (Wildman–Crippen LogP) is 5.61. The van der Waals surface area contributed by atoms with Gasteiger partial charge in [-0.1, -0.05) is 49.4 Å². The molecule has 0 bridgehead atoms. The predicted molar refractivity (Wildman–Crippen MR) is 138 cm³/mol. The van der Waals surface area contributed by atoms with Gasteiger partial charge in [-0.05, 0) is 100 Å². The number of fused-ring (bicyclic) bond motifs is 1. The lowest BCUT2D eigenvalue weighted by molar-refractivity contribution is 0.00727. The van der Waals surface area contributed by atoms with Gasteiger partial charge < -0.3 is 9.88 Å². The topological polar surface area (TPSA) is 32.9 Å². The van der Waals surface area contributed by atoms with Crippen molar-refractivity contribution in [2.75, 3.05) is 19.6 Å². The number of aromatic nitrogens is 2. The van der Waals surface area contributed by atoms with Crippen LogP contribution in [0.3, 0.4) is 0 Å². The van der Waals surface area contributed by atoms with Crippen molar-refractivity contribution in [2.45, 2.75) is 81.8 Å². The monoisotopic (exact) mass is 454 g/mol. The maximum absolute atomic E-state index is 4.91. The fraction of sp³-hybridized carbons (Fsp3) is 0.567. The molecule has 0 radical (unpaired) electrons. The van der Waals surface area contributed by atoms with Crippen LogP contribution in [0.2, 0.25) is 0 Å². The lowest BCUT2D eigenvalue weighted by Crippen LogP contribution is -2.53. The van der Waals surface area contributed by atoms with Crippen molar-refractivity contribution in [3.8, 4) is 0 Å². The van der Waals surface area contributed by atoms with Gasteiger partial charge in [0.2, 0.25) is 0 Å². The van der Waals surface area contributed by atoms with Gasteiger partial charge in [0.1, 0.15) is 5.82 Å². The molecule has 3 heterocycles. The molecule has 4 aliphatic rings. The van der Waals surface area contributed by atoms with Gasteiger partial charge in [-0.3, -0.25) is 4.90 Å². The molecular formula is C30H38N4. The molecule has 1 N–H and O–H groups in total. The minimum Gasteiger partial charge on any atom is -0.325 e. The van der Waals surface area contributed by atoms with Gasteiger partial charge in [0.15, 0.2) is 0 Å². The first kappa shape index (κ1) is 21.1. The summed E-state index contributed by atoms with van der Waals surface area (Å²) in [6.07, 6.45) is 9.21. The van der Waals surface area contributed by atoms with Crippen LogP contribution >= 0.6 is 0 Å². The van der Waals surface area contributed by atoms with E-state index >= 15 is 0 Å². The fourth-order valence-electron chi connectivity index (χ4n) is 8.68. The number of nitrogens with one attached hydrogen (secondary N) is 1.